The van der Waals surface area contributed by atoms with Crippen LogP contribution in [0.15, 0.2) is 12.3 Å². The molecule has 0 bridgehead atoms. The summed E-state index contributed by atoms with van der Waals surface area (Å²) in [4.78, 5) is 4.07. The van der Waals surface area contributed by atoms with E-state index >= 15 is 0 Å². The predicted molar refractivity (Wildman–Crippen MR) is 75.8 cm³/mol. The first-order chi connectivity index (χ1) is 9.88. The molecule has 0 aliphatic carbocycles. The lowest BCUT2D eigenvalue weighted by molar-refractivity contribution is -0.173. The fourth-order valence-corrected chi connectivity index (χ4v) is 2.72. The molecule has 0 radical (unpaired) electrons. The van der Waals surface area contributed by atoms with Crippen molar-refractivity contribution in [2.75, 3.05) is 13.7 Å². The Hall–Kier alpha value is -1.21. The summed E-state index contributed by atoms with van der Waals surface area (Å²) in [6.45, 7) is 5.49. The van der Waals surface area contributed by atoms with Crippen molar-refractivity contribution < 1.29 is 24.4 Å². The number of aliphatic hydroxyl groups excluding tert-OH is 1. The second-order valence-electron chi connectivity index (χ2n) is 5.60. The normalized spacial score (nSPS) is 23.8. The first-order valence-electron chi connectivity index (χ1n) is 7.05. The Morgan fingerprint density at radius 2 is 2.24 bits per heavy atom. The summed E-state index contributed by atoms with van der Waals surface area (Å²) in [5.41, 5.74) is -0.245. The van der Waals surface area contributed by atoms with E-state index in [0.29, 0.717) is 23.4 Å². The zero-order chi connectivity index (χ0) is 15.7. The molecule has 2 heterocycles. The molecule has 1 aromatic heterocycles. The number of pyridine rings is 1. The molecule has 6 heteroatoms. The first-order valence-corrected chi connectivity index (χ1v) is 7.05. The Morgan fingerprint density at radius 3 is 2.71 bits per heavy atom. The summed E-state index contributed by atoms with van der Waals surface area (Å²) in [6.07, 6.45) is 1.45. The lowest BCUT2D eigenvalue weighted by Gasteiger charge is -2.34. The second-order valence-corrected chi connectivity index (χ2v) is 5.60. The molecule has 2 N–H and O–H groups in total. The van der Waals surface area contributed by atoms with E-state index in [2.05, 4.69) is 4.98 Å². The van der Waals surface area contributed by atoms with Gasteiger partial charge in [-0.1, -0.05) is 6.92 Å². The van der Waals surface area contributed by atoms with E-state index in [0.717, 1.165) is 0 Å². The Morgan fingerprint density at radius 1 is 1.52 bits per heavy atom. The molecule has 0 aromatic carbocycles. The molecule has 0 unspecified atom stereocenters. The van der Waals surface area contributed by atoms with E-state index in [1.165, 1.54) is 7.11 Å². The van der Waals surface area contributed by atoms with Gasteiger partial charge in [0.1, 0.15) is 11.7 Å². The van der Waals surface area contributed by atoms with E-state index in [9.17, 15) is 10.2 Å². The zero-order valence-electron chi connectivity index (χ0n) is 12.9. The van der Waals surface area contributed by atoms with Crippen LogP contribution in [0.4, 0.5) is 0 Å². The topological polar surface area (TPSA) is 81.0 Å². The van der Waals surface area contributed by atoms with Gasteiger partial charge in [-0.2, -0.15) is 0 Å². The van der Waals surface area contributed by atoms with Crippen LogP contribution < -0.4 is 4.74 Å². The van der Waals surface area contributed by atoms with Gasteiger partial charge in [0.25, 0.3) is 0 Å². The molecule has 1 aliphatic heterocycles. The molecule has 1 fully saturated rings. The quantitative estimate of drug-likeness (QED) is 0.853. The molecule has 0 amide bonds. The molecule has 2 rings (SSSR count). The number of ether oxygens (including phenoxy) is 3. The van der Waals surface area contributed by atoms with E-state index < -0.39 is 17.5 Å². The highest BCUT2D eigenvalue weighted by molar-refractivity contribution is 5.39. The third-order valence-electron chi connectivity index (χ3n) is 3.91. The Labute approximate surface area is 124 Å². The Bertz CT molecular complexity index is 505. The fourth-order valence-electron chi connectivity index (χ4n) is 2.72. The molecular weight excluding hydrogens is 274 g/mol. The van der Waals surface area contributed by atoms with Crippen molar-refractivity contribution in [3.8, 4) is 5.88 Å². The molecule has 2 atom stereocenters. The standard InChI is InChI=1S/C15H23NO5/c1-5-15(18,12-9-20-14(2,3)21-12)11-6-7-16-13(19-4)10(11)8-17/h6-7,12,17-18H,5,8-9H2,1-4H3/t12-,15-/m0/s1. The van der Waals surface area contributed by atoms with Crippen LogP contribution in [-0.4, -0.2) is 40.8 Å². The van der Waals surface area contributed by atoms with Crippen LogP contribution in [0.25, 0.3) is 0 Å². The molecule has 1 aromatic rings. The van der Waals surface area contributed by atoms with E-state index in [1.807, 2.05) is 20.8 Å². The lowest BCUT2D eigenvalue weighted by atomic mass is 9.83. The van der Waals surface area contributed by atoms with E-state index in [1.54, 1.807) is 12.3 Å². The molecule has 0 spiro atoms. The molecule has 0 saturated carbocycles. The maximum Gasteiger partial charge on any atom is 0.218 e. The molecular formula is C15H23NO5. The highest BCUT2D eigenvalue weighted by Crippen LogP contribution is 2.40. The minimum Gasteiger partial charge on any atom is -0.481 e. The highest BCUT2D eigenvalue weighted by Gasteiger charge is 2.47. The van der Waals surface area contributed by atoms with Gasteiger partial charge >= 0.3 is 0 Å². The van der Waals surface area contributed by atoms with Gasteiger partial charge in [0, 0.05) is 11.8 Å². The van der Waals surface area contributed by atoms with Crippen LogP contribution in [0.2, 0.25) is 0 Å². The maximum absolute atomic E-state index is 11.2. The van der Waals surface area contributed by atoms with Gasteiger partial charge in [-0.15, -0.1) is 0 Å². The Kier molecular flexibility index (Phi) is 4.53. The molecule has 21 heavy (non-hydrogen) atoms. The largest absolute Gasteiger partial charge is 0.481 e. The summed E-state index contributed by atoms with van der Waals surface area (Å²) >= 11 is 0. The first kappa shape index (κ1) is 16.2. The average Bonchev–Trinajstić information content (AvgIpc) is 2.86. The Balaban J connectivity index is 2.46. The second kappa shape index (κ2) is 5.88. The van der Waals surface area contributed by atoms with Gasteiger partial charge in [0.2, 0.25) is 5.88 Å². The van der Waals surface area contributed by atoms with Gasteiger partial charge in [-0.25, -0.2) is 4.98 Å². The summed E-state index contributed by atoms with van der Waals surface area (Å²) < 4.78 is 16.5. The molecule has 6 nitrogen and oxygen atoms in total. The third kappa shape index (κ3) is 2.89. The minimum atomic E-state index is -1.28. The van der Waals surface area contributed by atoms with Crippen molar-refractivity contribution in [1.29, 1.82) is 0 Å². The van der Waals surface area contributed by atoms with Crippen LogP contribution in [0.3, 0.4) is 0 Å². The number of methoxy groups -OCH3 is 1. The molecule has 118 valence electrons. The van der Waals surface area contributed by atoms with E-state index in [4.69, 9.17) is 14.2 Å². The fraction of sp³-hybridized carbons (Fsp3) is 0.667. The van der Waals surface area contributed by atoms with Crippen molar-refractivity contribution in [2.24, 2.45) is 0 Å². The smallest absolute Gasteiger partial charge is 0.218 e. The summed E-state index contributed by atoms with van der Waals surface area (Å²) in [6, 6.07) is 1.69. The van der Waals surface area contributed by atoms with Gasteiger partial charge in [-0.3, -0.25) is 0 Å². The van der Waals surface area contributed by atoms with Crippen molar-refractivity contribution >= 4 is 0 Å². The lowest BCUT2D eigenvalue weighted by Crippen LogP contribution is -2.42. The van der Waals surface area contributed by atoms with Gasteiger partial charge in [0.15, 0.2) is 5.79 Å². The van der Waals surface area contributed by atoms with Crippen LogP contribution in [0, 0.1) is 0 Å². The summed E-state index contributed by atoms with van der Waals surface area (Å²) in [7, 11) is 1.48. The predicted octanol–water partition coefficient (Wildman–Crippen LogP) is 1.33. The van der Waals surface area contributed by atoms with Gasteiger partial charge in [-0.05, 0) is 31.9 Å². The van der Waals surface area contributed by atoms with Crippen molar-refractivity contribution in [3.05, 3.63) is 23.4 Å². The van der Waals surface area contributed by atoms with Crippen LogP contribution in [0.1, 0.15) is 38.3 Å². The number of rotatable bonds is 5. The summed E-state index contributed by atoms with van der Waals surface area (Å²) in [5, 5.41) is 20.8. The van der Waals surface area contributed by atoms with Crippen LogP contribution in [-0.2, 0) is 21.7 Å². The third-order valence-corrected chi connectivity index (χ3v) is 3.91. The highest BCUT2D eigenvalue weighted by atomic mass is 16.7. The van der Waals surface area contributed by atoms with Gasteiger partial charge < -0.3 is 24.4 Å². The van der Waals surface area contributed by atoms with Crippen molar-refractivity contribution in [2.45, 2.75) is 51.3 Å². The SMILES string of the molecule is CC[C@](O)(c1ccnc(OC)c1CO)[C@@H]1COC(C)(C)O1. The zero-order valence-corrected chi connectivity index (χ0v) is 12.9. The summed E-state index contributed by atoms with van der Waals surface area (Å²) in [5.74, 6) is -0.426. The van der Waals surface area contributed by atoms with Crippen molar-refractivity contribution in [3.63, 3.8) is 0 Å². The molecule has 1 saturated heterocycles. The van der Waals surface area contributed by atoms with E-state index in [-0.39, 0.29) is 13.2 Å². The van der Waals surface area contributed by atoms with Crippen LogP contribution >= 0.6 is 0 Å². The monoisotopic (exact) mass is 297 g/mol. The van der Waals surface area contributed by atoms with Crippen LogP contribution in [0.5, 0.6) is 5.88 Å². The number of hydrogen-bond acceptors (Lipinski definition) is 6. The average molecular weight is 297 g/mol. The van der Waals surface area contributed by atoms with Gasteiger partial charge in [0.05, 0.1) is 20.3 Å². The van der Waals surface area contributed by atoms with Crippen molar-refractivity contribution in [1.82, 2.24) is 4.98 Å². The minimum absolute atomic E-state index is 0.272. The number of aromatic nitrogens is 1. The molecule has 1 aliphatic rings. The number of nitrogens with zero attached hydrogens (tertiary/aromatic N) is 1. The number of aliphatic hydroxyl groups is 2. The maximum atomic E-state index is 11.2. The number of hydrogen-bond donors (Lipinski definition) is 2.